The van der Waals surface area contributed by atoms with Crippen LogP contribution in [-0.2, 0) is 16.1 Å². The van der Waals surface area contributed by atoms with E-state index in [0.717, 1.165) is 19.3 Å². The number of morpholine rings is 1. The van der Waals surface area contributed by atoms with E-state index in [-0.39, 0.29) is 29.5 Å². The first-order chi connectivity index (χ1) is 16.2. The summed E-state index contributed by atoms with van der Waals surface area (Å²) >= 11 is 0. The summed E-state index contributed by atoms with van der Waals surface area (Å²) < 4.78 is 8.19. The van der Waals surface area contributed by atoms with E-state index in [1.54, 1.807) is 17.9 Å². The summed E-state index contributed by atoms with van der Waals surface area (Å²) in [6, 6.07) is 0.0585. The molecule has 1 unspecified atom stereocenters. The van der Waals surface area contributed by atoms with Crippen molar-refractivity contribution in [3.05, 3.63) is 33.3 Å². The highest BCUT2D eigenvalue weighted by Gasteiger charge is 2.30. The number of aromatic nitrogens is 3. The van der Waals surface area contributed by atoms with Crippen molar-refractivity contribution in [2.45, 2.75) is 65.6 Å². The molecular formula is C24H33N5O5. The minimum Gasteiger partial charge on any atom is -0.492 e. The first-order valence-electron chi connectivity index (χ1n) is 11.9. The maximum absolute atomic E-state index is 13.4. The Balaban J connectivity index is 1.79. The minimum atomic E-state index is -0.595. The van der Waals surface area contributed by atoms with Crippen LogP contribution >= 0.6 is 0 Å². The summed E-state index contributed by atoms with van der Waals surface area (Å²) in [6.45, 7) is 9.55. The van der Waals surface area contributed by atoms with Gasteiger partial charge in [-0.3, -0.25) is 19.0 Å². The SMILES string of the molecule is CCC1COCCN1C(=O)C=Cc1c(C)nn2c(O)c(C(=O)NC3CC3)c(=O)n(CC(C)C)c12. The summed E-state index contributed by atoms with van der Waals surface area (Å²) in [5.74, 6) is -1.14. The van der Waals surface area contributed by atoms with Gasteiger partial charge in [-0.05, 0) is 38.2 Å². The van der Waals surface area contributed by atoms with Gasteiger partial charge < -0.3 is 20.1 Å². The molecule has 2 amide bonds. The fourth-order valence-corrected chi connectivity index (χ4v) is 4.31. The van der Waals surface area contributed by atoms with Gasteiger partial charge in [0.1, 0.15) is 5.65 Å². The maximum atomic E-state index is 13.4. The van der Waals surface area contributed by atoms with Crippen molar-refractivity contribution in [1.29, 1.82) is 0 Å². The fourth-order valence-electron chi connectivity index (χ4n) is 4.31. The molecule has 4 rings (SSSR count). The van der Waals surface area contributed by atoms with Crippen LogP contribution in [0.5, 0.6) is 5.88 Å². The van der Waals surface area contributed by atoms with Crippen LogP contribution in [0.3, 0.4) is 0 Å². The number of ether oxygens (including phenoxy) is 1. The molecule has 1 saturated heterocycles. The zero-order valence-electron chi connectivity index (χ0n) is 20.2. The lowest BCUT2D eigenvalue weighted by atomic mass is 10.1. The quantitative estimate of drug-likeness (QED) is 0.594. The molecule has 2 aliphatic rings. The van der Waals surface area contributed by atoms with E-state index >= 15 is 0 Å². The van der Waals surface area contributed by atoms with E-state index in [2.05, 4.69) is 10.4 Å². The van der Waals surface area contributed by atoms with Gasteiger partial charge in [-0.25, -0.2) is 0 Å². The van der Waals surface area contributed by atoms with Crippen molar-refractivity contribution in [3.8, 4) is 5.88 Å². The molecular weight excluding hydrogens is 438 g/mol. The fraction of sp³-hybridized carbons (Fsp3) is 0.583. The second kappa shape index (κ2) is 9.61. The van der Waals surface area contributed by atoms with E-state index in [9.17, 15) is 19.5 Å². The third kappa shape index (κ3) is 4.59. The summed E-state index contributed by atoms with van der Waals surface area (Å²) in [6.07, 6.45) is 5.64. The van der Waals surface area contributed by atoms with Gasteiger partial charge >= 0.3 is 0 Å². The van der Waals surface area contributed by atoms with Gasteiger partial charge in [0.2, 0.25) is 11.8 Å². The van der Waals surface area contributed by atoms with E-state index in [1.165, 1.54) is 15.2 Å². The van der Waals surface area contributed by atoms with Gasteiger partial charge in [-0.15, -0.1) is 0 Å². The zero-order chi connectivity index (χ0) is 24.6. The Morgan fingerprint density at radius 2 is 2.06 bits per heavy atom. The maximum Gasteiger partial charge on any atom is 0.270 e. The van der Waals surface area contributed by atoms with Crippen LogP contribution in [0.15, 0.2) is 10.9 Å². The van der Waals surface area contributed by atoms with Gasteiger partial charge in [0.25, 0.3) is 11.5 Å². The highest BCUT2D eigenvalue weighted by molar-refractivity contribution is 5.97. The van der Waals surface area contributed by atoms with Crippen molar-refractivity contribution in [2.75, 3.05) is 19.8 Å². The molecule has 184 valence electrons. The number of fused-ring (bicyclic) bond motifs is 1. The Labute approximate surface area is 198 Å². The second-order valence-electron chi connectivity index (χ2n) is 9.49. The Morgan fingerprint density at radius 1 is 1.32 bits per heavy atom. The number of hydrogen-bond acceptors (Lipinski definition) is 6. The van der Waals surface area contributed by atoms with E-state index in [0.29, 0.717) is 43.2 Å². The van der Waals surface area contributed by atoms with Gasteiger partial charge in [-0.2, -0.15) is 9.61 Å². The molecule has 1 saturated carbocycles. The molecule has 2 fully saturated rings. The first-order valence-corrected chi connectivity index (χ1v) is 11.9. The number of nitrogens with one attached hydrogen (secondary N) is 1. The van der Waals surface area contributed by atoms with E-state index in [4.69, 9.17) is 4.74 Å². The lowest BCUT2D eigenvalue weighted by Crippen LogP contribution is -2.47. The van der Waals surface area contributed by atoms with Crippen molar-refractivity contribution < 1.29 is 19.4 Å². The number of aryl methyl sites for hydroxylation is 1. The topological polar surface area (TPSA) is 118 Å². The number of rotatable bonds is 7. The predicted octanol–water partition coefficient (Wildman–Crippen LogP) is 1.71. The van der Waals surface area contributed by atoms with Crippen molar-refractivity contribution in [2.24, 2.45) is 5.92 Å². The summed E-state index contributed by atoms with van der Waals surface area (Å²) in [5.41, 5.74) is 0.557. The molecule has 0 radical (unpaired) electrons. The molecule has 1 aliphatic heterocycles. The van der Waals surface area contributed by atoms with Gasteiger partial charge in [0.15, 0.2) is 5.56 Å². The second-order valence-corrected chi connectivity index (χ2v) is 9.49. The zero-order valence-corrected chi connectivity index (χ0v) is 20.2. The Hall–Kier alpha value is -3.14. The normalized spacial score (nSPS) is 18.9. The van der Waals surface area contributed by atoms with Crippen LogP contribution in [0.1, 0.15) is 61.6 Å². The molecule has 34 heavy (non-hydrogen) atoms. The van der Waals surface area contributed by atoms with E-state index in [1.807, 2.05) is 20.8 Å². The standard InChI is InChI=1S/C24H33N5O5/c1-5-17-13-34-11-10-27(17)19(30)9-8-18-15(4)26-29-22(18)28(12-14(2)3)23(32)20(24(29)33)21(31)25-16-6-7-16/h8-9,14,16-17,33H,5-7,10-13H2,1-4H3,(H,25,31). The average molecular weight is 472 g/mol. The number of amides is 2. The van der Waals surface area contributed by atoms with Crippen molar-refractivity contribution in [1.82, 2.24) is 24.4 Å². The molecule has 10 nitrogen and oxygen atoms in total. The van der Waals surface area contributed by atoms with Crippen LogP contribution in [0.4, 0.5) is 0 Å². The van der Waals surface area contributed by atoms with Crippen LogP contribution in [0.25, 0.3) is 11.7 Å². The molecule has 1 atom stereocenters. The largest absolute Gasteiger partial charge is 0.492 e. The summed E-state index contributed by atoms with van der Waals surface area (Å²) in [5, 5.41) is 18.1. The van der Waals surface area contributed by atoms with Gasteiger partial charge in [-0.1, -0.05) is 20.8 Å². The smallest absolute Gasteiger partial charge is 0.270 e. The first kappa shape index (κ1) is 24.0. The molecule has 0 aromatic carbocycles. The number of carbonyl (C=O) groups excluding carboxylic acids is 2. The molecule has 1 aliphatic carbocycles. The molecule has 2 aromatic heterocycles. The summed E-state index contributed by atoms with van der Waals surface area (Å²) in [7, 11) is 0. The number of hydrogen-bond donors (Lipinski definition) is 2. The molecule has 10 heteroatoms. The lowest BCUT2D eigenvalue weighted by molar-refractivity contribution is -0.134. The molecule has 0 bridgehead atoms. The Morgan fingerprint density at radius 3 is 2.71 bits per heavy atom. The third-order valence-corrected chi connectivity index (χ3v) is 6.28. The minimum absolute atomic E-state index is 0.0200. The third-order valence-electron chi connectivity index (χ3n) is 6.28. The van der Waals surface area contributed by atoms with Gasteiger partial charge in [0, 0.05) is 30.8 Å². The Kier molecular flexibility index (Phi) is 6.79. The highest BCUT2D eigenvalue weighted by Crippen LogP contribution is 2.25. The monoisotopic (exact) mass is 471 g/mol. The summed E-state index contributed by atoms with van der Waals surface area (Å²) in [4.78, 5) is 40.9. The molecule has 2 N–H and O–H groups in total. The Bertz CT molecular complexity index is 1190. The van der Waals surface area contributed by atoms with Crippen LogP contribution in [0.2, 0.25) is 0 Å². The predicted molar refractivity (Wildman–Crippen MR) is 127 cm³/mol. The van der Waals surface area contributed by atoms with Crippen molar-refractivity contribution >= 4 is 23.5 Å². The highest BCUT2D eigenvalue weighted by atomic mass is 16.5. The number of nitrogens with zero attached hydrogens (tertiary/aromatic N) is 4. The average Bonchev–Trinajstić information content (AvgIpc) is 3.55. The van der Waals surface area contributed by atoms with Crippen LogP contribution < -0.4 is 10.9 Å². The van der Waals surface area contributed by atoms with E-state index < -0.39 is 17.3 Å². The van der Waals surface area contributed by atoms with Gasteiger partial charge in [0.05, 0.1) is 24.9 Å². The molecule has 2 aromatic rings. The van der Waals surface area contributed by atoms with Crippen LogP contribution in [0, 0.1) is 12.8 Å². The molecule has 3 heterocycles. The number of carbonyl (C=O) groups is 2. The lowest BCUT2D eigenvalue weighted by Gasteiger charge is -2.34. The van der Waals surface area contributed by atoms with Crippen LogP contribution in [-0.4, -0.2) is 67.8 Å². The molecule has 0 spiro atoms. The van der Waals surface area contributed by atoms with Crippen molar-refractivity contribution in [3.63, 3.8) is 0 Å². The number of aromatic hydroxyl groups is 1.